The Bertz CT molecular complexity index is 2820. The summed E-state index contributed by atoms with van der Waals surface area (Å²) in [5.74, 6) is 0. The summed E-state index contributed by atoms with van der Waals surface area (Å²) in [6.45, 7) is 0. The van der Waals surface area contributed by atoms with Gasteiger partial charge >= 0.3 is 0 Å². The van der Waals surface area contributed by atoms with Gasteiger partial charge in [0.25, 0.3) is 0 Å². The third kappa shape index (κ3) is 4.81. The average Bonchev–Trinajstić information content (AvgIpc) is 3.75. The van der Waals surface area contributed by atoms with Crippen molar-refractivity contribution in [3.05, 3.63) is 247 Å². The van der Waals surface area contributed by atoms with Gasteiger partial charge in [-0.05, 0) is 103 Å². The van der Waals surface area contributed by atoms with E-state index in [4.69, 9.17) is 0 Å². The zero-order valence-corrected chi connectivity index (χ0v) is 30.8. The van der Waals surface area contributed by atoms with Gasteiger partial charge in [0.15, 0.2) is 0 Å². The van der Waals surface area contributed by atoms with Gasteiger partial charge in [-0.25, -0.2) is 0 Å². The van der Waals surface area contributed by atoms with Crippen LogP contribution in [0.4, 0.5) is 17.1 Å². The van der Waals surface area contributed by atoms with Crippen molar-refractivity contribution < 1.29 is 0 Å². The number of nitrogens with zero attached hydrogens (tertiary/aromatic N) is 1. The molecule has 1 heteroatoms. The molecule has 0 aliphatic heterocycles. The van der Waals surface area contributed by atoms with Crippen LogP contribution in [0.5, 0.6) is 0 Å². The van der Waals surface area contributed by atoms with E-state index in [0.717, 1.165) is 17.1 Å². The Labute approximate surface area is 328 Å². The summed E-state index contributed by atoms with van der Waals surface area (Å²) in [5.41, 5.74) is 20.8. The van der Waals surface area contributed by atoms with Gasteiger partial charge in [0.05, 0.1) is 11.1 Å². The van der Waals surface area contributed by atoms with Crippen molar-refractivity contribution in [2.75, 3.05) is 4.90 Å². The highest BCUT2D eigenvalue weighted by molar-refractivity contribution is 6.01. The van der Waals surface area contributed by atoms with E-state index in [1.807, 2.05) is 0 Å². The quantitative estimate of drug-likeness (QED) is 0.166. The van der Waals surface area contributed by atoms with Crippen LogP contribution in [0.3, 0.4) is 0 Å². The molecule has 11 rings (SSSR count). The Morgan fingerprint density at radius 3 is 1.16 bits per heavy atom. The van der Waals surface area contributed by atoms with Crippen LogP contribution in [0, 0.1) is 0 Å². The third-order valence-electron chi connectivity index (χ3n) is 11.9. The molecule has 0 heterocycles. The molecule has 0 saturated carbocycles. The van der Waals surface area contributed by atoms with Crippen molar-refractivity contribution >= 4 is 17.1 Å². The number of hydrogen-bond donors (Lipinski definition) is 0. The minimum Gasteiger partial charge on any atom is -0.310 e. The third-order valence-corrected chi connectivity index (χ3v) is 11.9. The molecule has 1 nitrogen and oxygen atoms in total. The highest BCUT2D eigenvalue weighted by Crippen LogP contribution is 2.64. The largest absolute Gasteiger partial charge is 0.310 e. The lowest BCUT2D eigenvalue weighted by atomic mass is 9.68. The fourth-order valence-electron chi connectivity index (χ4n) is 9.57. The molecule has 0 aromatic heterocycles. The summed E-state index contributed by atoms with van der Waals surface area (Å²) >= 11 is 0. The lowest BCUT2D eigenvalue weighted by molar-refractivity contribution is 0.796. The molecule has 1 spiro atoms. The predicted octanol–water partition coefficient (Wildman–Crippen LogP) is 14.5. The Morgan fingerprint density at radius 1 is 0.250 bits per heavy atom. The lowest BCUT2D eigenvalue weighted by Gasteiger charge is -2.33. The molecule has 2 aliphatic carbocycles. The van der Waals surface area contributed by atoms with E-state index in [1.165, 1.54) is 77.9 Å². The minimum atomic E-state index is -0.446. The monoisotopic (exact) mass is 711 g/mol. The fraction of sp³-hybridized carbons (Fsp3) is 0.0182. The van der Waals surface area contributed by atoms with E-state index in [-0.39, 0.29) is 0 Å². The molecule has 56 heavy (non-hydrogen) atoms. The topological polar surface area (TPSA) is 3.24 Å². The molecule has 0 saturated heterocycles. The number of hydrogen-bond acceptors (Lipinski definition) is 1. The van der Waals surface area contributed by atoms with Crippen LogP contribution in [0.25, 0.3) is 55.6 Å². The summed E-state index contributed by atoms with van der Waals surface area (Å²) in [5, 5.41) is 0. The van der Waals surface area contributed by atoms with Crippen LogP contribution in [0.1, 0.15) is 22.3 Å². The van der Waals surface area contributed by atoms with Crippen LogP contribution in [0.15, 0.2) is 224 Å². The Hall–Kier alpha value is -7.22. The molecule has 2 aliphatic rings. The maximum absolute atomic E-state index is 2.42. The van der Waals surface area contributed by atoms with Crippen LogP contribution >= 0.6 is 0 Å². The molecule has 0 unspecified atom stereocenters. The number of anilines is 3. The van der Waals surface area contributed by atoms with Crippen molar-refractivity contribution in [1.82, 2.24) is 0 Å². The van der Waals surface area contributed by atoms with E-state index in [1.54, 1.807) is 0 Å². The van der Waals surface area contributed by atoms with Crippen molar-refractivity contribution in [2.45, 2.75) is 5.41 Å². The second-order valence-electron chi connectivity index (χ2n) is 14.8. The summed E-state index contributed by atoms with van der Waals surface area (Å²) in [4.78, 5) is 2.42. The first-order valence-electron chi connectivity index (χ1n) is 19.4. The minimum absolute atomic E-state index is 0.446. The van der Waals surface area contributed by atoms with Crippen molar-refractivity contribution in [3.8, 4) is 55.6 Å². The van der Waals surface area contributed by atoms with Gasteiger partial charge in [0.1, 0.15) is 0 Å². The van der Waals surface area contributed by atoms with E-state index in [0.29, 0.717) is 0 Å². The Morgan fingerprint density at radius 2 is 0.607 bits per heavy atom. The molecule has 262 valence electrons. The number of fused-ring (bicyclic) bond motifs is 10. The molecule has 0 N–H and O–H groups in total. The van der Waals surface area contributed by atoms with Gasteiger partial charge in [-0.2, -0.15) is 0 Å². The first kappa shape index (κ1) is 32.2. The molecule has 9 aromatic rings. The van der Waals surface area contributed by atoms with Gasteiger partial charge in [-0.15, -0.1) is 0 Å². The van der Waals surface area contributed by atoms with Crippen molar-refractivity contribution in [3.63, 3.8) is 0 Å². The lowest BCUT2D eigenvalue weighted by Crippen LogP contribution is -2.26. The molecular weight excluding hydrogens is 675 g/mol. The van der Waals surface area contributed by atoms with E-state index in [2.05, 4.69) is 229 Å². The normalized spacial score (nSPS) is 12.8. The molecule has 0 fully saturated rings. The maximum atomic E-state index is 2.42. The zero-order chi connectivity index (χ0) is 37.1. The van der Waals surface area contributed by atoms with Gasteiger partial charge in [0, 0.05) is 16.9 Å². The second kappa shape index (κ2) is 13.0. The fourth-order valence-corrected chi connectivity index (χ4v) is 9.57. The predicted molar refractivity (Wildman–Crippen MR) is 234 cm³/mol. The zero-order valence-electron chi connectivity index (χ0n) is 30.8. The first-order chi connectivity index (χ1) is 27.8. The summed E-state index contributed by atoms with van der Waals surface area (Å²) in [7, 11) is 0. The average molecular weight is 712 g/mol. The summed E-state index contributed by atoms with van der Waals surface area (Å²) < 4.78 is 0. The number of benzene rings is 9. The van der Waals surface area contributed by atoms with Gasteiger partial charge < -0.3 is 4.90 Å². The molecule has 0 radical (unpaired) electrons. The molecule has 0 amide bonds. The van der Waals surface area contributed by atoms with Crippen LogP contribution in [-0.4, -0.2) is 0 Å². The first-order valence-corrected chi connectivity index (χ1v) is 19.4. The Balaban J connectivity index is 1.09. The SMILES string of the molecule is c1ccc(-c2ccc(-c3ccc(N(c4ccccc4)c4ccccc4-c4cccc5c4C4(c6ccccc6-c6ccccc64)c4ccccc4-5)cc3)cc2)cc1. The maximum Gasteiger partial charge on any atom is 0.0731 e. The highest BCUT2D eigenvalue weighted by Gasteiger charge is 2.52. The van der Waals surface area contributed by atoms with Crippen LogP contribution in [0.2, 0.25) is 0 Å². The van der Waals surface area contributed by atoms with Crippen molar-refractivity contribution in [2.24, 2.45) is 0 Å². The molecule has 0 atom stereocenters. The van der Waals surface area contributed by atoms with Gasteiger partial charge in [-0.1, -0.05) is 194 Å². The van der Waals surface area contributed by atoms with Gasteiger partial charge in [0.2, 0.25) is 0 Å². The van der Waals surface area contributed by atoms with Crippen molar-refractivity contribution in [1.29, 1.82) is 0 Å². The summed E-state index contributed by atoms with van der Waals surface area (Å²) in [6, 6.07) is 82.3. The van der Waals surface area contributed by atoms with Crippen LogP contribution < -0.4 is 4.90 Å². The van der Waals surface area contributed by atoms with E-state index < -0.39 is 5.41 Å². The Kier molecular flexibility index (Phi) is 7.47. The van der Waals surface area contributed by atoms with E-state index >= 15 is 0 Å². The smallest absolute Gasteiger partial charge is 0.0731 e. The molecule has 0 bridgehead atoms. The van der Waals surface area contributed by atoms with E-state index in [9.17, 15) is 0 Å². The van der Waals surface area contributed by atoms with Gasteiger partial charge in [-0.3, -0.25) is 0 Å². The number of para-hydroxylation sites is 2. The molecular formula is C55H37N. The molecule has 9 aromatic carbocycles. The second-order valence-corrected chi connectivity index (χ2v) is 14.8. The van der Waals surface area contributed by atoms with Crippen LogP contribution in [-0.2, 0) is 5.41 Å². The summed E-state index contributed by atoms with van der Waals surface area (Å²) in [6.07, 6.45) is 0. The standard InChI is InChI=1S/C55H37N/c1-3-16-38(17-4-1)39-30-32-40(33-31-39)41-34-36-43(37-35-41)56(42-18-5-2-6-19-42)53-29-14-10-23-47(53)49-25-15-24-48-46-22-9-13-28-52(46)55(54(48)49)50-26-11-7-20-44(50)45-21-8-12-27-51(45)55/h1-37H. The number of rotatable bonds is 6. The highest BCUT2D eigenvalue weighted by atomic mass is 15.1.